The van der Waals surface area contributed by atoms with Gasteiger partial charge in [-0.1, -0.05) is 6.92 Å². The molecule has 0 amide bonds. The van der Waals surface area contributed by atoms with Crippen molar-refractivity contribution in [2.24, 2.45) is 5.41 Å². The molecule has 3 atom stereocenters. The topological polar surface area (TPSA) is 173 Å². The van der Waals surface area contributed by atoms with Crippen molar-refractivity contribution in [1.29, 1.82) is 0 Å². The Bertz CT molecular complexity index is 333. The van der Waals surface area contributed by atoms with E-state index in [1.54, 1.807) is 6.92 Å². The van der Waals surface area contributed by atoms with Gasteiger partial charge in [0.2, 0.25) is 0 Å². The summed E-state index contributed by atoms with van der Waals surface area (Å²) in [6.45, 7) is 5.58. The molecule has 6 N–H and O–H groups in total. The predicted octanol–water partition coefficient (Wildman–Crippen LogP) is 0.137. The van der Waals surface area contributed by atoms with Gasteiger partial charge in [-0.25, -0.2) is 0 Å². The van der Waals surface area contributed by atoms with Crippen molar-refractivity contribution in [2.45, 2.75) is 43.4 Å². The number of aliphatic hydroxyl groups excluding tert-OH is 3. The van der Waals surface area contributed by atoms with Gasteiger partial charge in [0.05, 0.1) is 35.6 Å². The maximum atomic E-state index is 9.62. The molecule has 158 valence electrons. The highest BCUT2D eigenvalue weighted by Gasteiger charge is 2.20. The largest absolute Gasteiger partial charge is 0.480 e. The Balaban J connectivity index is -0.000000125. The number of aliphatic carboxylic acids is 3. The standard InChI is InChI=1S/C5H12O3.3C3H6O2S/c1-5(2-6,3-7)4-8;3*1-2(6)3(4)5/h6-8H,2-4H2,1H3;3*2,6H,1H3,(H,4,5). The van der Waals surface area contributed by atoms with Crippen molar-refractivity contribution in [2.75, 3.05) is 19.8 Å². The molecule has 0 radical (unpaired) electrons. The molecule has 0 fully saturated rings. The highest BCUT2D eigenvalue weighted by Crippen LogP contribution is 2.10. The van der Waals surface area contributed by atoms with Crippen LogP contribution in [0.2, 0.25) is 0 Å². The lowest BCUT2D eigenvalue weighted by Crippen LogP contribution is -2.29. The predicted molar refractivity (Wildman–Crippen MR) is 108 cm³/mol. The monoisotopic (exact) mass is 438 g/mol. The van der Waals surface area contributed by atoms with Crippen LogP contribution in [0.5, 0.6) is 0 Å². The second-order valence-corrected chi connectivity index (χ2v) is 7.65. The van der Waals surface area contributed by atoms with Gasteiger partial charge in [-0.2, -0.15) is 37.9 Å². The molecule has 0 saturated carbocycles. The normalized spacial score (nSPS) is 13.2. The number of aliphatic hydroxyl groups is 3. The molecule has 0 aliphatic heterocycles. The van der Waals surface area contributed by atoms with Crippen LogP contribution in [0.3, 0.4) is 0 Å². The zero-order chi connectivity index (χ0) is 22.1. The Morgan fingerprint density at radius 2 is 0.808 bits per heavy atom. The fourth-order valence-corrected chi connectivity index (χ4v) is 0.150. The summed E-state index contributed by atoms with van der Waals surface area (Å²) in [5, 5.41) is 47.5. The lowest BCUT2D eigenvalue weighted by Gasteiger charge is -2.20. The van der Waals surface area contributed by atoms with Crippen LogP contribution in [0.4, 0.5) is 0 Å². The van der Waals surface area contributed by atoms with E-state index in [4.69, 9.17) is 30.6 Å². The third-order valence-corrected chi connectivity index (χ3v) is 2.88. The molecule has 12 heteroatoms. The molecular formula is C14H30O9S3. The van der Waals surface area contributed by atoms with Crippen LogP contribution in [0, 0.1) is 5.41 Å². The van der Waals surface area contributed by atoms with Crippen molar-refractivity contribution < 1.29 is 45.0 Å². The molecule has 0 aromatic carbocycles. The summed E-state index contributed by atoms with van der Waals surface area (Å²) < 4.78 is 0. The molecular weight excluding hydrogens is 408 g/mol. The summed E-state index contributed by atoms with van der Waals surface area (Å²) in [6.07, 6.45) is 0. The van der Waals surface area contributed by atoms with Crippen LogP contribution in [-0.2, 0) is 14.4 Å². The number of rotatable bonds is 6. The summed E-state index contributed by atoms with van der Waals surface area (Å²) in [7, 11) is 0. The Morgan fingerprint density at radius 3 is 0.808 bits per heavy atom. The minimum absolute atomic E-state index is 0.181. The summed E-state index contributed by atoms with van der Waals surface area (Å²) >= 11 is 10.8. The first-order valence-electron chi connectivity index (χ1n) is 7.17. The first kappa shape index (κ1) is 33.0. The molecule has 0 aromatic rings. The van der Waals surface area contributed by atoms with Crippen LogP contribution >= 0.6 is 37.9 Å². The summed E-state index contributed by atoms with van der Waals surface area (Å²) in [5.41, 5.74) is -0.708. The van der Waals surface area contributed by atoms with Gasteiger partial charge < -0.3 is 30.6 Å². The average molecular weight is 439 g/mol. The lowest BCUT2D eigenvalue weighted by molar-refractivity contribution is -0.137. The molecule has 0 rings (SSSR count). The molecule has 0 aliphatic rings. The third-order valence-electron chi connectivity index (χ3n) is 2.22. The van der Waals surface area contributed by atoms with Crippen LogP contribution in [0.15, 0.2) is 0 Å². The second kappa shape index (κ2) is 19.1. The van der Waals surface area contributed by atoms with E-state index >= 15 is 0 Å². The maximum Gasteiger partial charge on any atom is 0.316 e. The van der Waals surface area contributed by atoms with E-state index < -0.39 is 39.1 Å². The van der Waals surface area contributed by atoms with Gasteiger partial charge in [-0.3, -0.25) is 14.4 Å². The van der Waals surface area contributed by atoms with Crippen LogP contribution in [-0.4, -0.2) is 84.1 Å². The van der Waals surface area contributed by atoms with E-state index in [0.717, 1.165) is 0 Å². The Labute approximate surface area is 169 Å². The fourth-order valence-electron chi connectivity index (χ4n) is 0.150. The van der Waals surface area contributed by atoms with Crippen molar-refractivity contribution in [3.05, 3.63) is 0 Å². The molecule has 0 saturated heterocycles. The first-order chi connectivity index (χ1) is 11.6. The van der Waals surface area contributed by atoms with E-state index in [9.17, 15) is 14.4 Å². The van der Waals surface area contributed by atoms with Crippen molar-refractivity contribution >= 4 is 55.8 Å². The maximum absolute atomic E-state index is 9.62. The number of thiol groups is 3. The van der Waals surface area contributed by atoms with Gasteiger partial charge in [0.15, 0.2) is 0 Å². The number of carbonyl (C=O) groups is 3. The van der Waals surface area contributed by atoms with Gasteiger partial charge in [-0.15, -0.1) is 0 Å². The molecule has 0 aliphatic carbocycles. The van der Waals surface area contributed by atoms with Crippen LogP contribution in [0.1, 0.15) is 27.7 Å². The second-order valence-electron chi connectivity index (χ2n) is 5.33. The molecule has 0 heterocycles. The molecule has 0 spiro atoms. The highest BCUT2D eigenvalue weighted by atomic mass is 32.1. The van der Waals surface area contributed by atoms with E-state index in [-0.39, 0.29) is 19.8 Å². The fraction of sp³-hybridized carbons (Fsp3) is 0.786. The van der Waals surface area contributed by atoms with Crippen molar-refractivity contribution in [3.63, 3.8) is 0 Å². The molecule has 0 bridgehead atoms. The zero-order valence-corrected chi connectivity index (χ0v) is 17.8. The quantitative estimate of drug-likeness (QED) is 0.261. The zero-order valence-electron chi connectivity index (χ0n) is 15.1. The summed E-state index contributed by atoms with van der Waals surface area (Å²) in [5.74, 6) is -2.63. The van der Waals surface area contributed by atoms with E-state index in [2.05, 4.69) is 37.9 Å². The summed E-state index contributed by atoms with van der Waals surface area (Å²) in [6, 6.07) is 0. The number of carboxylic acids is 3. The van der Waals surface area contributed by atoms with Gasteiger partial charge in [0.1, 0.15) is 0 Å². The van der Waals surface area contributed by atoms with Gasteiger partial charge in [-0.05, 0) is 20.8 Å². The lowest BCUT2D eigenvalue weighted by atomic mass is 9.95. The SMILES string of the molecule is CC(CO)(CO)CO.CC(S)C(=O)O.CC(S)C(=O)O.CC(S)C(=O)O. The first-order valence-corrected chi connectivity index (χ1v) is 8.71. The molecule has 3 unspecified atom stereocenters. The third kappa shape index (κ3) is 28.2. The molecule has 9 nitrogen and oxygen atoms in total. The number of hydrogen-bond donors (Lipinski definition) is 9. The van der Waals surface area contributed by atoms with Gasteiger partial charge in [0.25, 0.3) is 0 Å². The summed E-state index contributed by atoms with van der Waals surface area (Å²) in [4.78, 5) is 28.9. The van der Waals surface area contributed by atoms with Gasteiger partial charge >= 0.3 is 17.9 Å². The molecule has 0 aromatic heterocycles. The Hall–Kier alpha value is -0.660. The average Bonchev–Trinajstić information content (AvgIpc) is 2.55. The molecule has 26 heavy (non-hydrogen) atoms. The van der Waals surface area contributed by atoms with Crippen molar-refractivity contribution in [3.8, 4) is 0 Å². The Morgan fingerprint density at radius 1 is 0.692 bits per heavy atom. The van der Waals surface area contributed by atoms with Gasteiger partial charge in [0, 0.05) is 5.41 Å². The van der Waals surface area contributed by atoms with E-state index in [0.29, 0.717) is 0 Å². The van der Waals surface area contributed by atoms with E-state index in [1.165, 1.54) is 20.8 Å². The Kier molecular flexibility index (Phi) is 24.2. The highest BCUT2D eigenvalue weighted by molar-refractivity contribution is 7.82. The van der Waals surface area contributed by atoms with Crippen molar-refractivity contribution in [1.82, 2.24) is 0 Å². The smallest absolute Gasteiger partial charge is 0.316 e. The minimum Gasteiger partial charge on any atom is -0.480 e. The van der Waals surface area contributed by atoms with E-state index in [1.807, 2.05) is 0 Å². The minimum atomic E-state index is -0.877. The van der Waals surface area contributed by atoms with Crippen LogP contribution < -0.4 is 0 Å². The number of hydrogen-bond acceptors (Lipinski definition) is 9. The van der Waals surface area contributed by atoms with Crippen LogP contribution in [0.25, 0.3) is 0 Å². The number of carboxylic acid groups (broad SMARTS) is 3.